The van der Waals surface area contributed by atoms with Gasteiger partial charge in [0.05, 0.1) is 18.5 Å². The summed E-state index contributed by atoms with van der Waals surface area (Å²) in [5.74, 6) is 0.853. The number of nitrogens with zero attached hydrogens (tertiary/aromatic N) is 1. The molecule has 0 aliphatic heterocycles. The number of rotatable bonds is 5. The van der Waals surface area contributed by atoms with Crippen molar-refractivity contribution in [3.63, 3.8) is 0 Å². The number of ether oxygens (including phenoxy) is 1. The molecule has 0 saturated carbocycles. The van der Waals surface area contributed by atoms with Gasteiger partial charge in [-0.3, -0.25) is 4.98 Å². The van der Waals surface area contributed by atoms with Crippen LogP contribution < -0.4 is 10.1 Å². The summed E-state index contributed by atoms with van der Waals surface area (Å²) in [7, 11) is 1.71. The van der Waals surface area contributed by atoms with Crippen molar-refractivity contribution in [2.75, 3.05) is 12.4 Å². The standard InChI is InChI=1S/C24H32N2O/c1-17-23(27-5)22(14-15-25-17)26-21-12-8-19(9-13-21)16-18-6-10-20(11-7-18)24(2,3)4/h6-8,10-11,14-15,21H,9,12-13,16H2,1-5H3,(H,25,26). The summed E-state index contributed by atoms with van der Waals surface area (Å²) in [5, 5.41) is 3.64. The summed E-state index contributed by atoms with van der Waals surface area (Å²) in [6.45, 7) is 8.77. The molecule has 0 bridgehead atoms. The van der Waals surface area contributed by atoms with E-state index in [0.29, 0.717) is 6.04 Å². The molecule has 1 unspecified atom stereocenters. The number of pyridine rings is 1. The topological polar surface area (TPSA) is 34.1 Å². The van der Waals surface area contributed by atoms with Gasteiger partial charge in [-0.1, -0.05) is 56.7 Å². The molecular weight excluding hydrogens is 332 g/mol. The van der Waals surface area contributed by atoms with Crippen molar-refractivity contribution in [3.05, 3.63) is 65.0 Å². The summed E-state index contributed by atoms with van der Waals surface area (Å²) in [5.41, 5.74) is 6.54. The molecule has 1 aromatic heterocycles. The molecule has 3 nitrogen and oxygen atoms in total. The molecule has 2 aromatic rings. The number of methoxy groups -OCH3 is 1. The Morgan fingerprint density at radius 3 is 2.48 bits per heavy atom. The van der Waals surface area contributed by atoms with E-state index in [-0.39, 0.29) is 5.41 Å². The van der Waals surface area contributed by atoms with Crippen LogP contribution in [0.15, 0.2) is 48.2 Å². The van der Waals surface area contributed by atoms with Gasteiger partial charge < -0.3 is 10.1 Å². The number of aromatic nitrogens is 1. The average molecular weight is 365 g/mol. The molecule has 1 aromatic carbocycles. The quantitative estimate of drug-likeness (QED) is 0.678. The van der Waals surface area contributed by atoms with Crippen LogP contribution in [0.25, 0.3) is 0 Å². The van der Waals surface area contributed by atoms with Crippen LogP contribution in [0.5, 0.6) is 5.75 Å². The fourth-order valence-electron chi connectivity index (χ4n) is 3.71. The highest BCUT2D eigenvalue weighted by Gasteiger charge is 2.17. The van der Waals surface area contributed by atoms with Crippen LogP contribution in [0.2, 0.25) is 0 Å². The largest absolute Gasteiger partial charge is 0.493 e. The molecule has 1 atom stereocenters. The average Bonchev–Trinajstić information content (AvgIpc) is 2.63. The van der Waals surface area contributed by atoms with Gasteiger partial charge in [0, 0.05) is 12.2 Å². The van der Waals surface area contributed by atoms with Gasteiger partial charge in [0.25, 0.3) is 0 Å². The Labute approximate surface area is 163 Å². The molecule has 0 saturated heterocycles. The molecule has 144 valence electrons. The first-order valence-corrected chi connectivity index (χ1v) is 9.90. The molecule has 1 aliphatic rings. The molecule has 0 radical (unpaired) electrons. The van der Waals surface area contributed by atoms with Crippen molar-refractivity contribution >= 4 is 5.69 Å². The predicted molar refractivity (Wildman–Crippen MR) is 114 cm³/mol. The van der Waals surface area contributed by atoms with Crippen molar-refractivity contribution in [1.29, 1.82) is 0 Å². The Bertz CT molecular complexity index is 800. The Balaban J connectivity index is 1.60. The fourth-order valence-corrected chi connectivity index (χ4v) is 3.71. The van der Waals surface area contributed by atoms with Crippen molar-refractivity contribution < 1.29 is 4.74 Å². The lowest BCUT2D eigenvalue weighted by Gasteiger charge is -2.25. The first-order chi connectivity index (χ1) is 12.9. The first kappa shape index (κ1) is 19.5. The van der Waals surface area contributed by atoms with Crippen LogP contribution in [0, 0.1) is 6.92 Å². The highest BCUT2D eigenvalue weighted by molar-refractivity contribution is 5.58. The lowest BCUT2D eigenvalue weighted by Crippen LogP contribution is -2.22. The summed E-state index contributed by atoms with van der Waals surface area (Å²) in [4.78, 5) is 4.31. The van der Waals surface area contributed by atoms with Gasteiger partial charge in [-0.25, -0.2) is 0 Å². The SMILES string of the molecule is COc1c(NC2CC=C(Cc3ccc(C(C)(C)C)cc3)CC2)ccnc1C. The van der Waals surface area contributed by atoms with Crippen molar-refractivity contribution in [2.24, 2.45) is 0 Å². The molecule has 0 amide bonds. The Kier molecular flexibility index (Phi) is 5.88. The van der Waals surface area contributed by atoms with E-state index >= 15 is 0 Å². The third-order valence-corrected chi connectivity index (χ3v) is 5.40. The molecule has 1 heterocycles. The minimum absolute atomic E-state index is 0.216. The third kappa shape index (κ3) is 4.91. The van der Waals surface area contributed by atoms with E-state index in [1.54, 1.807) is 12.7 Å². The first-order valence-electron chi connectivity index (χ1n) is 9.90. The van der Waals surface area contributed by atoms with Gasteiger partial charge >= 0.3 is 0 Å². The van der Waals surface area contributed by atoms with Crippen LogP contribution in [0.1, 0.15) is 56.9 Å². The van der Waals surface area contributed by atoms with Crippen molar-refractivity contribution in [1.82, 2.24) is 4.98 Å². The second-order valence-corrected chi connectivity index (χ2v) is 8.58. The number of aryl methyl sites for hydroxylation is 1. The van der Waals surface area contributed by atoms with E-state index in [4.69, 9.17) is 4.74 Å². The minimum Gasteiger partial charge on any atom is -0.493 e. The summed E-state index contributed by atoms with van der Waals surface area (Å²) >= 11 is 0. The van der Waals surface area contributed by atoms with Crippen LogP contribution in [-0.4, -0.2) is 18.1 Å². The highest BCUT2D eigenvalue weighted by atomic mass is 16.5. The van der Waals surface area contributed by atoms with Gasteiger partial charge in [-0.2, -0.15) is 0 Å². The van der Waals surface area contributed by atoms with Crippen LogP contribution in [-0.2, 0) is 11.8 Å². The van der Waals surface area contributed by atoms with Gasteiger partial charge in [0.2, 0.25) is 0 Å². The molecule has 1 aliphatic carbocycles. The van der Waals surface area contributed by atoms with E-state index in [1.807, 2.05) is 19.2 Å². The number of hydrogen-bond acceptors (Lipinski definition) is 3. The van der Waals surface area contributed by atoms with Crippen molar-refractivity contribution in [2.45, 2.75) is 64.8 Å². The van der Waals surface area contributed by atoms with E-state index in [9.17, 15) is 0 Å². The summed E-state index contributed by atoms with van der Waals surface area (Å²) in [6, 6.07) is 11.6. The normalized spacial score (nSPS) is 17.4. The maximum Gasteiger partial charge on any atom is 0.163 e. The van der Waals surface area contributed by atoms with Gasteiger partial charge in [0.1, 0.15) is 0 Å². The zero-order valence-electron chi connectivity index (χ0n) is 17.3. The summed E-state index contributed by atoms with van der Waals surface area (Å²) in [6.07, 6.45) is 8.67. The highest BCUT2D eigenvalue weighted by Crippen LogP contribution is 2.30. The lowest BCUT2D eigenvalue weighted by molar-refractivity contribution is 0.410. The molecule has 0 fully saturated rings. The number of anilines is 1. The van der Waals surface area contributed by atoms with Crippen LogP contribution >= 0.6 is 0 Å². The van der Waals surface area contributed by atoms with E-state index in [0.717, 1.165) is 42.8 Å². The zero-order chi connectivity index (χ0) is 19.4. The van der Waals surface area contributed by atoms with Crippen molar-refractivity contribution in [3.8, 4) is 5.75 Å². The molecule has 0 spiro atoms. The molecular formula is C24H32N2O. The number of nitrogens with one attached hydrogen (secondary N) is 1. The van der Waals surface area contributed by atoms with Crippen LogP contribution in [0.4, 0.5) is 5.69 Å². The maximum atomic E-state index is 5.51. The number of benzene rings is 1. The third-order valence-electron chi connectivity index (χ3n) is 5.40. The van der Waals surface area contributed by atoms with Crippen LogP contribution in [0.3, 0.4) is 0 Å². The number of hydrogen-bond donors (Lipinski definition) is 1. The Hall–Kier alpha value is -2.29. The lowest BCUT2D eigenvalue weighted by atomic mass is 9.85. The number of allylic oxidation sites excluding steroid dienone is 1. The molecule has 27 heavy (non-hydrogen) atoms. The monoisotopic (exact) mass is 364 g/mol. The van der Waals surface area contributed by atoms with E-state index in [1.165, 1.54) is 11.1 Å². The molecule has 1 N–H and O–H groups in total. The van der Waals surface area contributed by atoms with Gasteiger partial charge in [-0.15, -0.1) is 0 Å². The maximum absolute atomic E-state index is 5.51. The molecule has 3 rings (SSSR count). The predicted octanol–water partition coefficient (Wildman–Crippen LogP) is 5.83. The summed E-state index contributed by atoms with van der Waals surface area (Å²) < 4.78 is 5.51. The van der Waals surface area contributed by atoms with Gasteiger partial charge in [0.15, 0.2) is 5.75 Å². The second-order valence-electron chi connectivity index (χ2n) is 8.58. The molecule has 3 heteroatoms. The van der Waals surface area contributed by atoms with E-state index < -0.39 is 0 Å². The van der Waals surface area contributed by atoms with E-state index in [2.05, 4.69) is 61.4 Å². The smallest absolute Gasteiger partial charge is 0.163 e. The second kappa shape index (κ2) is 8.16. The van der Waals surface area contributed by atoms with Gasteiger partial charge in [-0.05, 0) is 55.2 Å². The fraction of sp³-hybridized carbons (Fsp3) is 0.458. The Morgan fingerprint density at radius 1 is 1.15 bits per heavy atom. The zero-order valence-corrected chi connectivity index (χ0v) is 17.3. The minimum atomic E-state index is 0.216. The Morgan fingerprint density at radius 2 is 1.89 bits per heavy atom.